The molecule has 0 aliphatic carbocycles. The Labute approximate surface area is 155 Å². The second-order valence-electron chi connectivity index (χ2n) is 3.89. The normalized spacial score (nSPS) is 10.5. The van der Waals surface area contributed by atoms with E-state index in [1.54, 1.807) is 24.3 Å². The number of carbonyl (C=O) groups excluding carboxylic acids is 1. The first-order chi connectivity index (χ1) is 10.3. The molecule has 3 nitrogen and oxygen atoms in total. The summed E-state index contributed by atoms with van der Waals surface area (Å²) in [5.41, 5.74) is 0.354. The molecule has 0 saturated carbocycles. The molecule has 1 N–H and O–H groups in total. The van der Waals surface area contributed by atoms with Crippen LogP contribution < -0.4 is 10.1 Å². The molecule has 0 bridgehead atoms. The molecule has 2 rings (SSSR count). The molecular weight excluding hydrogens is 415 g/mol. The Bertz CT molecular complexity index is 721. The third-order valence-corrected chi connectivity index (χ3v) is 5.05. The van der Waals surface area contributed by atoms with E-state index in [2.05, 4.69) is 5.32 Å². The molecule has 2 aromatic rings. The van der Waals surface area contributed by atoms with Gasteiger partial charge in [-0.05, 0) is 12.1 Å². The van der Waals surface area contributed by atoms with E-state index in [1.165, 1.54) is 0 Å². The number of hydrogen-bond donors (Lipinski definition) is 1. The average Bonchev–Trinajstić information content (AvgIpc) is 2.50. The molecule has 0 saturated heterocycles. The Morgan fingerprint density at radius 3 is 1.86 bits per heavy atom. The van der Waals surface area contributed by atoms with Crippen LogP contribution >= 0.6 is 69.6 Å². The summed E-state index contributed by atoms with van der Waals surface area (Å²) in [5, 5.41) is 2.34. The summed E-state index contributed by atoms with van der Waals surface area (Å²) in [4.78, 5) is 11.9. The summed E-state index contributed by atoms with van der Waals surface area (Å²) in [6, 6.07) is 6.60. The molecular formula is C13H5Cl6NO2. The predicted molar refractivity (Wildman–Crippen MR) is 92.6 cm³/mol. The predicted octanol–water partition coefficient (Wildman–Crippen LogP) is 7.22. The Morgan fingerprint density at radius 1 is 0.818 bits per heavy atom. The lowest BCUT2D eigenvalue weighted by Gasteiger charge is -2.13. The Kier molecular flexibility index (Phi) is 5.94. The number of halogens is 6. The number of carbonyl (C=O) groups is 1. The van der Waals surface area contributed by atoms with Crippen molar-refractivity contribution in [1.29, 1.82) is 0 Å². The number of rotatable bonds is 2. The van der Waals surface area contributed by atoms with Crippen LogP contribution in [0.5, 0.6) is 5.75 Å². The number of anilines is 1. The maximum Gasteiger partial charge on any atom is 0.417 e. The Hall–Kier alpha value is -0.550. The van der Waals surface area contributed by atoms with Gasteiger partial charge in [0.25, 0.3) is 0 Å². The van der Waals surface area contributed by atoms with Crippen LogP contribution in [0.2, 0.25) is 30.1 Å². The van der Waals surface area contributed by atoms with Crippen molar-refractivity contribution in [2.45, 2.75) is 0 Å². The van der Waals surface area contributed by atoms with Gasteiger partial charge in [-0.2, -0.15) is 0 Å². The smallest absolute Gasteiger partial charge is 0.407 e. The van der Waals surface area contributed by atoms with Gasteiger partial charge >= 0.3 is 6.09 Å². The first kappa shape index (κ1) is 17.8. The van der Waals surface area contributed by atoms with Crippen LogP contribution in [0, 0.1) is 0 Å². The zero-order chi connectivity index (χ0) is 16.4. The van der Waals surface area contributed by atoms with Crippen molar-refractivity contribution in [3.8, 4) is 5.75 Å². The van der Waals surface area contributed by atoms with Gasteiger partial charge in [0.15, 0.2) is 5.75 Å². The van der Waals surface area contributed by atoms with Gasteiger partial charge in [-0.15, -0.1) is 0 Å². The largest absolute Gasteiger partial charge is 0.417 e. The molecule has 0 aliphatic heterocycles. The van der Waals surface area contributed by atoms with Crippen molar-refractivity contribution in [1.82, 2.24) is 0 Å². The fraction of sp³-hybridized carbons (Fsp3) is 0. The van der Waals surface area contributed by atoms with Crippen LogP contribution in [-0.2, 0) is 0 Å². The molecule has 9 heteroatoms. The molecule has 0 aliphatic rings. The topological polar surface area (TPSA) is 38.3 Å². The highest BCUT2D eigenvalue weighted by molar-refractivity contribution is 6.55. The summed E-state index contributed by atoms with van der Waals surface area (Å²) >= 11 is 35.5. The van der Waals surface area contributed by atoms with Gasteiger partial charge in [-0.3, -0.25) is 5.32 Å². The van der Waals surface area contributed by atoms with E-state index in [0.29, 0.717) is 10.7 Å². The van der Waals surface area contributed by atoms with E-state index in [0.717, 1.165) is 0 Å². The van der Waals surface area contributed by atoms with E-state index in [9.17, 15) is 4.79 Å². The molecule has 0 radical (unpaired) electrons. The summed E-state index contributed by atoms with van der Waals surface area (Å²) in [5.74, 6) is -0.202. The monoisotopic (exact) mass is 417 g/mol. The number of benzene rings is 2. The quantitative estimate of drug-likeness (QED) is 0.412. The highest BCUT2D eigenvalue weighted by Gasteiger charge is 2.22. The highest BCUT2D eigenvalue weighted by Crippen LogP contribution is 2.48. The third kappa shape index (κ3) is 3.67. The van der Waals surface area contributed by atoms with Crippen molar-refractivity contribution in [2.24, 2.45) is 0 Å². The minimum atomic E-state index is -0.869. The van der Waals surface area contributed by atoms with E-state index < -0.39 is 6.09 Å². The van der Waals surface area contributed by atoms with E-state index in [4.69, 9.17) is 74.3 Å². The van der Waals surface area contributed by atoms with Crippen LogP contribution in [0.4, 0.5) is 10.5 Å². The van der Waals surface area contributed by atoms with Gasteiger partial charge in [-0.1, -0.05) is 81.7 Å². The lowest BCUT2D eigenvalue weighted by atomic mass is 10.3. The minimum absolute atomic E-state index is 0.0304. The zero-order valence-electron chi connectivity index (χ0n) is 10.4. The van der Waals surface area contributed by atoms with E-state index >= 15 is 0 Å². The maximum absolute atomic E-state index is 11.9. The van der Waals surface area contributed by atoms with Crippen molar-refractivity contribution >= 4 is 81.4 Å². The third-order valence-electron chi connectivity index (χ3n) is 2.47. The van der Waals surface area contributed by atoms with Crippen LogP contribution in [0.15, 0.2) is 24.3 Å². The Morgan fingerprint density at radius 2 is 1.32 bits per heavy atom. The fourth-order valence-electron chi connectivity index (χ4n) is 1.47. The van der Waals surface area contributed by atoms with Crippen molar-refractivity contribution in [3.63, 3.8) is 0 Å². The molecule has 0 heterocycles. The number of ether oxygens (including phenoxy) is 1. The van der Waals surface area contributed by atoms with Gasteiger partial charge < -0.3 is 4.74 Å². The summed E-state index contributed by atoms with van der Waals surface area (Å²) in [6.07, 6.45) is -0.869. The zero-order valence-corrected chi connectivity index (χ0v) is 14.9. The van der Waals surface area contributed by atoms with Gasteiger partial charge in [0.1, 0.15) is 10.0 Å². The number of para-hydroxylation sites is 1. The molecule has 0 aromatic heterocycles. The first-order valence-electron chi connectivity index (χ1n) is 5.57. The molecule has 116 valence electrons. The van der Waals surface area contributed by atoms with E-state index in [1.807, 2.05) is 0 Å². The number of nitrogens with one attached hydrogen (secondary N) is 1. The summed E-state index contributed by atoms with van der Waals surface area (Å²) < 4.78 is 5.05. The van der Waals surface area contributed by atoms with E-state index in [-0.39, 0.29) is 30.9 Å². The second kappa shape index (κ2) is 7.35. The van der Waals surface area contributed by atoms with Crippen LogP contribution in [0.3, 0.4) is 0 Å². The fourth-order valence-corrected chi connectivity index (χ4v) is 2.85. The summed E-state index contributed by atoms with van der Waals surface area (Å²) in [6.45, 7) is 0. The molecule has 2 aromatic carbocycles. The highest BCUT2D eigenvalue weighted by atomic mass is 35.5. The number of hydrogen-bond acceptors (Lipinski definition) is 2. The van der Waals surface area contributed by atoms with Crippen LogP contribution in [-0.4, -0.2) is 6.09 Å². The van der Waals surface area contributed by atoms with Crippen LogP contribution in [0.25, 0.3) is 0 Å². The van der Waals surface area contributed by atoms with Gasteiger partial charge in [0, 0.05) is 0 Å². The van der Waals surface area contributed by atoms with Crippen molar-refractivity contribution in [2.75, 3.05) is 5.32 Å². The van der Waals surface area contributed by atoms with Gasteiger partial charge in [0.2, 0.25) is 0 Å². The Balaban J connectivity index is 2.28. The average molecular weight is 420 g/mol. The minimum Gasteiger partial charge on any atom is -0.407 e. The lowest BCUT2D eigenvalue weighted by molar-refractivity contribution is 0.215. The molecule has 0 atom stereocenters. The lowest BCUT2D eigenvalue weighted by Crippen LogP contribution is -2.17. The van der Waals surface area contributed by atoms with Crippen molar-refractivity contribution < 1.29 is 9.53 Å². The molecule has 1 amide bonds. The number of amides is 1. The molecule has 0 spiro atoms. The maximum atomic E-state index is 11.9. The standard InChI is InChI=1S/C13H5Cl6NO2/c14-5-3-1-2-4-6(5)20-13(21)22-12-10(18)8(16)7(15)9(17)11(12)19/h1-4H,(H,20,21). The molecule has 0 unspecified atom stereocenters. The SMILES string of the molecule is O=C(Nc1ccccc1Cl)Oc1c(Cl)c(Cl)c(Cl)c(Cl)c1Cl. The summed E-state index contributed by atoms with van der Waals surface area (Å²) in [7, 11) is 0. The van der Waals surface area contributed by atoms with Crippen LogP contribution in [0.1, 0.15) is 0 Å². The van der Waals surface area contributed by atoms with Gasteiger partial charge in [-0.25, -0.2) is 4.79 Å². The first-order valence-corrected chi connectivity index (χ1v) is 7.84. The second-order valence-corrected chi connectivity index (χ2v) is 6.19. The molecule has 0 fully saturated rings. The molecule has 22 heavy (non-hydrogen) atoms. The van der Waals surface area contributed by atoms with Crippen molar-refractivity contribution in [3.05, 3.63) is 54.4 Å². The van der Waals surface area contributed by atoms with Gasteiger partial charge in [0.05, 0.1) is 25.8 Å².